The minimum absolute atomic E-state index is 0.311. The molecule has 0 radical (unpaired) electrons. The highest BCUT2D eigenvalue weighted by Crippen LogP contribution is 2.34. The summed E-state index contributed by atoms with van der Waals surface area (Å²) >= 11 is 16.3. The summed E-state index contributed by atoms with van der Waals surface area (Å²) in [6, 6.07) is 9.52. The van der Waals surface area contributed by atoms with E-state index in [1.54, 1.807) is 6.20 Å². The Morgan fingerprint density at radius 3 is 2.47 bits per heavy atom. The Morgan fingerprint density at radius 1 is 1.00 bits per heavy atom. The minimum Gasteiger partial charge on any atom is -0.243 e. The van der Waals surface area contributed by atoms with Gasteiger partial charge in [-0.1, -0.05) is 41.4 Å². The average molecular weight is 256 g/mol. The third kappa shape index (κ3) is 2.12. The zero-order valence-electron chi connectivity index (χ0n) is 7.61. The zero-order valence-corrected chi connectivity index (χ0v) is 10.0. The second-order valence-corrected chi connectivity index (χ2v) is 4.20. The number of nitrogens with zero attached hydrogens (tertiary/aromatic N) is 1. The van der Waals surface area contributed by atoms with Gasteiger partial charge >= 0.3 is 0 Å². The topological polar surface area (TPSA) is 12.9 Å². The van der Waals surface area contributed by atoms with Crippen LogP contribution in [-0.4, -0.2) is 4.98 Å². The number of thiol groups is 1. The number of aromatic nitrogens is 1. The van der Waals surface area contributed by atoms with Crippen LogP contribution in [0.25, 0.3) is 11.1 Å². The van der Waals surface area contributed by atoms with Crippen LogP contribution in [-0.2, 0) is 0 Å². The van der Waals surface area contributed by atoms with E-state index in [9.17, 15) is 0 Å². The van der Waals surface area contributed by atoms with E-state index in [4.69, 9.17) is 23.2 Å². The third-order valence-corrected chi connectivity index (χ3v) is 3.20. The lowest BCUT2D eigenvalue weighted by Gasteiger charge is -2.07. The summed E-state index contributed by atoms with van der Waals surface area (Å²) in [6.45, 7) is 0. The van der Waals surface area contributed by atoms with E-state index in [2.05, 4.69) is 17.6 Å². The van der Waals surface area contributed by atoms with Crippen LogP contribution in [0.15, 0.2) is 41.4 Å². The second-order valence-electron chi connectivity index (χ2n) is 2.98. The summed E-state index contributed by atoms with van der Waals surface area (Å²) in [6.07, 6.45) is 1.63. The molecular formula is C11H7Cl2NS. The Morgan fingerprint density at radius 2 is 1.73 bits per heavy atom. The highest BCUT2D eigenvalue weighted by molar-refractivity contribution is 7.80. The first-order valence-electron chi connectivity index (χ1n) is 4.28. The van der Waals surface area contributed by atoms with E-state index >= 15 is 0 Å². The van der Waals surface area contributed by atoms with Crippen LogP contribution < -0.4 is 0 Å². The van der Waals surface area contributed by atoms with Crippen molar-refractivity contribution in [2.75, 3.05) is 0 Å². The molecule has 0 fully saturated rings. The molecule has 2 rings (SSSR count). The maximum Gasteiger partial charge on any atom is 0.148 e. The predicted octanol–water partition coefficient (Wildman–Crippen LogP) is 4.34. The summed E-state index contributed by atoms with van der Waals surface area (Å²) in [7, 11) is 0. The van der Waals surface area contributed by atoms with Crippen molar-refractivity contribution in [3.63, 3.8) is 0 Å². The Kier molecular flexibility index (Phi) is 3.19. The first-order chi connectivity index (χ1) is 7.20. The molecule has 0 bridgehead atoms. The van der Waals surface area contributed by atoms with Gasteiger partial charge in [0.25, 0.3) is 0 Å². The lowest BCUT2D eigenvalue weighted by atomic mass is 10.1. The fourth-order valence-electron chi connectivity index (χ4n) is 1.33. The summed E-state index contributed by atoms with van der Waals surface area (Å²) in [4.78, 5) is 4.77. The van der Waals surface area contributed by atoms with E-state index in [1.807, 2.05) is 30.3 Å². The van der Waals surface area contributed by atoms with Crippen LogP contribution in [0.5, 0.6) is 0 Å². The molecule has 0 atom stereocenters. The fourth-order valence-corrected chi connectivity index (χ4v) is 1.98. The van der Waals surface area contributed by atoms with Gasteiger partial charge in [-0.05, 0) is 17.7 Å². The van der Waals surface area contributed by atoms with Crippen molar-refractivity contribution in [2.24, 2.45) is 0 Å². The largest absolute Gasteiger partial charge is 0.243 e. The van der Waals surface area contributed by atoms with Gasteiger partial charge in [-0.2, -0.15) is 0 Å². The quantitative estimate of drug-likeness (QED) is 0.591. The molecule has 0 aliphatic rings. The first kappa shape index (κ1) is 10.8. The van der Waals surface area contributed by atoms with Crippen molar-refractivity contribution in [2.45, 2.75) is 4.90 Å². The number of halogens is 2. The van der Waals surface area contributed by atoms with Gasteiger partial charge in [0.1, 0.15) is 5.15 Å². The molecule has 0 saturated heterocycles. The van der Waals surface area contributed by atoms with Gasteiger partial charge in [0.2, 0.25) is 0 Å². The fraction of sp³-hybridized carbons (Fsp3) is 0. The molecule has 0 spiro atoms. The van der Waals surface area contributed by atoms with Crippen LogP contribution in [0.1, 0.15) is 0 Å². The molecule has 0 unspecified atom stereocenters. The molecule has 0 aliphatic heterocycles. The molecular weight excluding hydrogens is 249 g/mol. The molecule has 1 aromatic heterocycles. The number of hydrogen-bond acceptors (Lipinski definition) is 2. The lowest BCUT2D eigenvalue weighted by Crippen LogP contribution is -1.84. The van der Waals surface area contributed by atoms with E-state index in [1.165, 1.54) is 0 Å². The van der Waals surface area contributed by atoms with Crippen LogP contribution in [0.4, 0.5) is 0 Å². The molecule has 0 amide bonds. The minimum atomic E-state index is 0.311. The van der Waals surface area contributed by atoms with Crippen LogP contribution in [0.3, 0.4) is 0 Å². The van der Waals surface area contributed by atoms with Gasteiger partial charge in [-0.3, -0.25) is 0 Å². The van der Waals surface area contributed by atoms with E-state index < -0.39 is 0 Å². The standard InChI is InChI=1S/C11H7Cl2NS/c12-10-8(5-6-14-11(10)13)7-3-1-2-4-9(7)15/h1-6,15H. The molecule has 1 aromatic carbocycles. The maximum absolute atomic E-state index is 6.07. The van der Waals surface area contributed by atoms with E-state index in [0.29, 0.717) is 10.2 Å². The molecule has 15 heavy (non-hydrogen) atoms. The summed E-state index contributed by atoms with van der Waals surface area (Å²) in [5.74, 6) is 0. The third-order valence-electron chi connectivity index (χ3n) is 2.04. The molecule has 1 heterocycles. The normalized spacial score (nSPS) is 10.3. The zero-order chi connectivity index (χ0) is 10.8. The molecule has 1 nitrogen and oxygen atoms in total. The molecule has 0 aliphatic carbocycles. The summed E-state index contributed by atoms with van der Waals surface area (Å²) in [5, 5.41) is 0.770. The van der Waals surface area contributed by atoms with Gasteiger partial charge in [-0.15, -0.1) is 12.6 Å². The number of pyridine rings is 1. The van der Waals surface area contributed by atoms with Crippen molar-refractivity contribution in [3.05, 3.63) is 46.7 Å². The maximum atomic E-state index is 6.07. The van der Waals surface area contributed by atoms with Crippen molar-refractivity contribution in [1.82, 2.24) is 4.98 Å². The molecule has 2 aromatic rings. The summed E-state index contributed by atoms with van der Waals surface area (Å²) in [5.41, 5.74) is 1.80. The van der Waals surface area contributed by atoms with Crippen LogP contribution in [0.2, 0.25) is 10.2 Å². The van der Waals surface area contributed by atoms with Gasteiger partial charge in [0.15, 0.2) is 0 Å². The Bertz CT molecular complexity index is 500. The van der Waals surface area contributed by atoms with Gasteiger partial charge < -0.3 is 0 Å². The first-order valence-corrected chi connectivity index (χ1v) is 5.49. The van der Waals surface area contributed by atoms with Crippen molar-refractivity contribution >= 4 is 35.8 Å². The number of rotatable bonds is 1. The Labute approximate surface area is 103 Å². The molecule has 76 valence electrons. The monoisotopic (exact) mass is 255 g/mol. The van der Waals surface area contributed by atoms with Crippen molar-refractivity contribution < 1.29 is 0 Å². The van der Waals surface area contributed by atoms with E-state index in [-0.39, 0.29) is 0 Å². The van der Waals surface area contributed by atoms with Crippen molar-refractivity contribution in [1.29, 1.82) is 0 Å². The lowest BCUT2D eigenvalue weighted by molar-refractivity contribution is 1.32. The number of benzene rings is 1. The predicted molar refractivity (Wildman–Crippen MR) is 66.9 cm³/mol. The summed E-state index contributed by atoms with van der Waals surface area (Å²) < 4.78 is 0. The molecule has 4 heteroatoms. The van der Waals surface area contributed by atoms with E-state index in [0.717, 1.165) is 16.0 Å². The highest BCUT2D eigenvalue weighted by atomic mass is 35.5. The SMILES string of the molecule is Sc1ccccc1-c1ccnc(Cl)c1Cl. The molecule has 0 N–H and O–H groups in total. The van der Waals surface area contributed by atoms with Crippen LogP contribution >= 0.6 is 35.8 Å². The van der Waals surface area contributed by atoms with Gasteiger partial charge in [0.05, 0.1) is 5.02 Å². The highest BCUT2D eigenvalue weighted by Gasteiger charge is 2.09. The second kappa shape index (κ2) is 4.44. The van der Waals surface area contributed by atoms with Gasteiger partial charge in [0, 0.05) is 16.7 Å². The average Bonchev–Trinajstić information content (AvgIpc) is 2.23. The number of hydrogen-bond donors (Lipinski definition) is 1. The Hall–Kier alpha value is -0.700. The smallest absolute Gasteiger partial charge is 0.148 e. The van der Waals surface area contributed by atoms with Crippen molar-refractivity contribution in [3.8, 4) is 11.1 Å². The van der Waals surface area contributed by atoms with Gasteiger partial charge in [-0.25, -0.2) is 4.98 Å². The molecule has 0 saturated carbocycles. The van der Waals surface area contributed by atoms with Crippen LogP contribution in [0, 0.1) is 0 Å². The Balaban J connectivity index is 2.65.